The van der Waals surface area contributed by atoms with E-state index in [9.17, 15) is 19.5 Å². The van der Waals surface area contributed by atoms with Gasteiger partial charge in [-0.25, -0.2) is 9.36 Å². The third kappa shape index (κ3) is 5.79. The van der Waals surface area contributed by atoms with Gasteiger partial charge in [-0.15, -0.1) is 11.8 Å². The van der Waals surface area contributed by atoms with E-state index in [0.29, 0.717) is 11.3 Å². The molecule has 0 bridgehead atoms. The summed E-state index contributed by atoms with van der Waals surface area (Å²) in [5.74, 6) is -2.15. The summed E-state index contributed by atoms with van der Waals surface area (Å²) in [5.41, 5.74) is 7.58. The molecule has 3 aromatic heterocycles. The number of anilines is 1. The zero-order chi connectivity index (χ0) is 30.0. The summed E-state index contributed by atoms with van der Waals surface area (Å²) in [7, 11) is 4.06. The first-order chi connectivity index (χ1) is 20.2. The summed E-state index contributed by atoms with van der Waals surface area (Å²) in [6.07, 6.45) is 4.60. The van der Waals surface area contributed by atoms with Crippen LogP contribution in [0, 0.1) is 0 Å². The first-order valence-corrected chi connectivity index (χ1v) is 15.0. The number of carbonyl (C=O) groups is 3. The summed E-state index contributed by atoms with van der Waals surface area (Å²) in [6.45, 7) is 3.89. The van der Waals surface area contributed by atoms with E-state index in [0.717, 1.165) is 42.2 Å². The molecule has 5 rings (SSSR count). The van der Waals surface area contributed by atoms with E-state index >= 15 is 0 Å². The molecule has 0 aliphatic carbocycles. The number of aliphatic carboxylic acids is 1. The second-order valence-corrected chi connectivity index (χ2v) is 11.8. The van der Waals surface area contributed by atoms with Crippen molar-refractivity contribution in [1.29, 1.82) is 0 Å². The van der Waals surface area contributed by atoms with Crippen molar-refractivity contribution in [3.8, 4) is 0 Å². The van der Waals surface area contributed by atoms with Crippen LogP contribution >= 0.6 is 23.3 Å². The van der Waals surface area contributed by atoms with Gasteiger partial charge in [0.15, 0.2) is 5.13 Å². The summed E-state index contributed by atoms with van der Waals surface area (Å²) >= 11 is 2.27. The number of rotatable bonds is 12. The molecule has 0 aromatic carbocycles. The summed E-state index contributed by atoms with van der Waals surface area (Å²) < 4.78 is 7.98. The lowest BCUT2D eigenvalue weighted by Gasteiger charge is -2.49. The number of imidazole rings is 1. The number of thioether (sulfide) groups is 1. The highest BCUT2D eigenvalue weighted by Crippen LogP contribution is 2.40. The van der Waals surface area contributed by atoms with Crippen molar-refractivity contribution in [2.75, 3.05) is 38.7 Å². The number of aryl methyl sites for hydroxylation is 1. The van der Waals surface area contributed by atoms with Gasteiger partial charge in [0.25, 0.3) is 11.8 Å². The Morgan fingerprint density at radius 3 is 2.88 bits per heavy atom. The zero-order valence-corrected chi connectivity index (χ0v) is 24.9. The number of hydrogen-bond donors (Lipinski definition) is 3. The van der Waals surface area contributed by atoms with Gasteiger partial charge in [0.05, 0.1) is 6.20 Å². The first-order valence-electron chi connectivity index (χ1n) is 13.2. The predicted octanol–water partition coefficient (Wildman–Crippen LogP) is -0.111. The van der Waals surface area contributed by atoms with Crippen molar-refractivity contribution in [3.63, 3.8) is 0 Å². The number of hydrogen-bond acceptors (Lipinski definition) is 12. The van der Waals surface area contributed by atoms with Gasteiger partial charge in [-0.3, -0.25) is 14.5 Å². The molecule has 2 aliphatic heterocycles. The van der Waals surface area contributed by atoms with Crippen LogP contribution in [-0.2, 0) is 32.3 Å². The maximum atomic E-state index is 13.2. The van der Waals surface area contributed by atoms with E-state index in [1.807, 2.05) is 37.0 Å². The predicted molar refractivity (Wildman–Crippen MR) is 155 cm³/mol. The number of carboxylic acid groups (broad SMARTS) is 1. The molecule has 1 saturated heterocycles. The van der Waals surface area contributed by atoms with Gasteiger partial charge in [0.1, 0.15) is 35.8 Å². The molecule has 0 saturated carbocycles. The van der Waals surface area contributed by atoms with Crippen LogP contribution in [0.5, 0.6) is 0 Å². The fourth-order valence-electron chi connectivity index (χ4n) is 4.81. The van der Waals surface area contributed by atoms with E-state index in [-0.39, 0.29) is 35.5 Å². The normalized spacial score (nSPS) is 18.8. The Balaban J connectivity index is 1.34. The molecule has 4 N–H and O–H groups in total. The number of fused-ring (bicyclic) bond motifs is 2. The Morgan fingerprint density at radius 1 is 1.38 bits per heavy atom. The van der Waals surface area contributed by atoms with Crippen LogP contribution in [-0.4, -0.2) is 102 Å². The average Bonchev–Trinajstić information content (AvgIpc) is 3.58. The van der Waals surface area contributed by atoms with Gasteiger partial charge in [0.2, 0.25) is 17.9 Å². The lowest BCUT2D eigenvalue weighted by molar-refractivity contribution is -0.664. The van der Waals surface area contributed by atoms with E-state index in [1.54, 1.807) is 13.3 Å². The third-order valence-corrected chi connectivity index (χ3v) is 8.59. The second kappa shape index (κ2) is 12.4. The number of carboxylic acids is 1. The number of nitrogens with zero attached hydrogens (tertiary/aromatic N) is 8. The molecular formula is C25H31N10O5S2+. The molecule has 15 nitrogen and oxygen atoms in total. The Labute approximate surface area is 249 Å². The molecule has 2 unspecified atom stereocenters. The van der Waals surface area contributed by atoms with Crippen LogP contribution in [0.3, 0.4) is 0 Å². The highest BCUT2D eigenvalue weighted by molar-refractivity contribution is 8.00. The Bertz CT molecular complexity index is 1580. The molecule has 0 radical (unpaired) electrons. The van der Waals surface area contributed by atoms with Crippen LogP contribution in [0.1, 0.15) is 19.2 Å². The molecular weight excluding hydrogens is 584 g/mol. The Morgan fingerprint density at radius 2 is 2.19 bits per heavy atom. The van der Waals surface area contributed by atoms with Crippen molar-refractivity contribution >= 4 is 63.1 Å². The highest BCUT2D eigenvalue weighted by atomic mass is 32.2. The number of nitrogen functional groups attached to an aromatic ring is 1. The van der Waals surface area contributed by atoms with Crippen molar-refractivity contribution in [2.45, 2.75) is 37.8 Å². The van der Waals surface area contributed by atoms with Gasteiger partial charge in [-0.05, 0) is 51.1 Å². The molecule has 17 heteroatoms. The molecule has 5 heterocycles. The maximum Gasteiger partial charge on any atom is 0.352 e. The number of oxime groups is 1. The number of aromatic nitrogens is 5. The molecule has 222 valence electrons. The van der Waals surface area contributed by atoms with Gasteiger partial charge in [0, 0.05) is 29.4 Å². The maximum absolute atomic E-state index is 13.2. The average molecular weight is 616 g/mol. The molecule has 3 aromatic rings. The first kappa shape index (κ1) is 29.4. The van der Waals surface area contributed by atoms with Crippen molar-refractivity contribution in [2.24, 2.45) is 5.16 Å². The van der Waals surface area contributed by atoms with E-state index in [4.69, 9.17) is 10.6 Å². The number of nitrogens with two attached hydrogens (primary N) is 1. The van der Waals surface area contributed by atoms with E-state index < -0.39 is 29.2 Å². The monoisotopic (exact) mass is 615 g/mol. The number of nitrogens with one attached hydrogen (secondary N) is 1. The largest absolute Gasteiger partial charge is 0.477 e. The third-order valence-electron chi connectivity index (χ3n) is 6.71. The smallest absolute Gasteiger partial charge is 0.352 e. The van der Waals surface area contributed by atoms with Crippen LogP contribution in [0.15, 0.2) is 41.1 Å². The summed E-state index contributed by atoms with van der Waals surface area (Å²) in [4.78, 5) is 55.7. The molecule has 2 amide bonds. The molecule has 1 fully saturated rings. The quantitative estimate of drug-likeness (QED) is 0.107. The van der Waals surface area contributed by atoms with Crippen LogP contribution in [0.25, 0.3) is 11.2 Å². The van der Waals surface area contributed by atoms with Gasteiger partial charge >= 0.3 is 11.6 Å². The van der Waals surface area contributed by atoms with Gasteiger partial charge < -0.3 is 30.5 Å². The second-order valence-electron chi connectivity index (χ2n) is 9.87. The lowest BCUT2D eigenvalue weighted by atomic mass is 10.0. The van der Waals surface area contributed by atoms with Crippen LogP contribution < -0.4 is 15.6 Å². The standard InChI is InChI=1S/C25H30N10O5S2/c1-4-40-30-16(19-29-25(26)42-31-19)21(36)28-17-22(37)35-18(24(38)39)14(12-41-23(17)35)11-33-9-5-7-15-20(33)27-13-34(15)10-6-8-32(2)3/h5,7,9,13,17,23H,4,6,8,10-12H2,1-3H3,(H3-,26,28,29,31,36,38,39)/p+1/b30-16-. The minimum atomic E-state index is -1.21. The lowest BCUT2D eigenvalue weighted by Crippen LogP contribution is -2.71. The van der Waals surface area contributed by atoms with Crippen molar-refractivity contribution in [1.82, 2.24) is 34.0 Å². The molecule has 0 spiro atoms. The minimum Gasteiger partial charge on any atom is -0.477 e. The van der Waals surface area contributed by atoms with Crippen LogP contribution in [0.2, 0.25) is 0 Å². The highest BCUT2D eigenvalue weighted by Gasteiger charge is 2.54. The Kier molecular flexibility index (Phi) is 8.69. The topological polar surface area (TPSA) is 185 Å². The fraction of sp³-hybridized carbons (Fsp3) is 0.440. The number of β-lactam (4-membered cyclic amide) rings is 1. The molecule has 2 aliphatic rings. The molecule has 42 heavy (non-hydrogen) atoms. The summed E-state index contributed by atoms with van der Waals surface area (Å²) in [6, 6.07) is 2.92. The van der Waals surface area contributed by atoms with Gasteiger partial charge in [-0.1, -0.05) is 5.16 Å². The minimum absolute atomic E-state index is 0.0249. The fourth-order valence-corrected chi connectivity index (χ4v) is 6.58. The number of carbonyl (C=O) groups excluding carboxylic acids is 2. The number of pyridine rings is 1. The van der Waals surface area contributed by atoms with Crippen molar-refractivity contribution < 1.29 is 28.9 Å². The van der Waals surface area contributed by atoms with Gasteiger partial charge in [-0.2, -0.15) is 9.36 Å². The summed E-state index contributed by atoms with van der Waals surface area (Å²) in [5, 5.41) is 16.1. The van der Waals surface area contributed by atoms with E-state index in [1.165, 1.54) is 16.7 Å². The zero-order valence-electron chi connectivity index (χ0n) is 23.3. The molecule has 2 atom stereocenters. The van der Waals surface area contributed by atoms with Crippen molar-refractivity contribution in [3.05, 3.63) is 41.8 Å². The van der Waals surface area contributed by atoms with Crippen LogP contribution in [0.4, 0.5) is 5.13 Å². The van der Waals surface area contributed by atoms with E-state index in [2.05, 4.69) is 34.3 Å². The SMILES string of the molecule is CCO/N=C(\C(=O)NC1C(=O)N2C(C(=O)O)=C(C[n+]3cccc4c3ncn4CCCN(C)C)CSC12)c1nsc(N)n1. The number of amides is 2. The Hall–Kier alpha value is -4.09.